The molecule has 0 radical (unpaired) electrons. The van der Waals surface area contributed by atoms with Crippen LogP contribution in [0.4, 0.5) is 5.69 Å². The van der Waals surface area contributed by atoms with Gasteiger partial charge in [-0.05, 0) is 18.6 Å². The van der Waals surface area contributed by atoms with Gasteiger partial charge in [0.1, 0.15) is 0 Å². The molecule has 1 aliphatic rings. The van der Waals surface area contributed by atoms with Crippen LogP contribution in [0.3, 0.4) is 0 Å². The number of carbonyl (C=O) groups is 1. The minimum absolute atomic E-state index is 0.111. The summed E-state index contributed by atoms with van der Waals surface area (Å²) in [6.45, 7) is 1.96. The molecular weight excluding hydrogens is 369 g/mol. The van der Waals surface area contributed by atoms with Crippen molar-refractivity contribution in [3.63, 3.8) is 0 Å². The van der Waals surface area contributed by atoms with Gasteiger partial charge in [-0.25, -0.2) is 4.98 Å². The van der Waals surface area contributed by atoms with Gasteiger partial charge in [0.2, 0.25) is 5.91 Å². The number of aromatic nitrogens is 2. The smallest absolute Gasteiger partial charge is 0.254 e. The lowest BCUT2D eigenvalue weighted by atomic mass is 10.2. The molecule has 1 amide bonds. The summed E-state index contributed by atoms with van der Waals surface area (Å²) in [4.78, 5) is 29.1. The molecule has 1 aromatic carbocycles. The maximum Gasteiger partial charge on any atom is 0.254 e. The molecule has 8 heteroatoms. The van der Waals surface area contributed by atoms with Crippen LogP contribution >= 0.6 is 35.0 Å². The zero-order valence-corrected chi connectivity index (χ0v) is 15.2. The Hall–Kier alpha value is -1.50. The zero-order chi connectivity index (χ0) is 17.3. The third-order valence-corrected chi connectivity index (χ3v) is 5.67. The van der Waals surface area contributed by atoms with Crippen molar-refractivity contribution >= 4 is 46.6 Å². The third-order valence-electron chi connectivity index (χ3n) is 3.75. The highest BCUT2D eigenvalue weighted by Gasteiger charge is 2.27. The summed E-state index contributed by atoms with van der Waals surface area (Å²) in [5, 5.41) is 4.11. The summed E-state index contributed by atoms with van der Waals surface area (Å²) in [6, 6.07) is 6.37. The highest BCUT2D eigenvalue weighted by molar-refractivity contribution is 7.99. The number of aryl methyl sites for hydroxylation is 1. The number of halogens is 2. The molecule has 1 aromatic heterocycles. The lowest BCUT2D eigenvalue weighted by Crippen LogP contribution is -2.27. The minimum Gasteiger partial charge on any atom is -0.325 e. The van der Waals surface area contributed by atoms with Gasteiger partial charge in [0.05, 0.1) is 21.8 Å². The number of nitrogens with one attached hydrogen (secondary N) is 1. The van der Waals surface area contributed by atoms with E-state index < -0.39 is 0 Å². The number of thioether (sulfide) groups is 1. The number of rotatable bonds is 4. The maximum absolute atomic E-state index is 12.3. The summed E-state index contributed by atoms with van der Waals surface area (Å²) in [6.07, 6.45) is 0.887. The van der Waals surface area contributed by atoms with Crippen molar-refractivity contribution in [3.05, 3.63) is 50.4 Å². The number of anilines is 1. The Labute approximate surface area is 153 Å². The van der Waals surface area contributed by atoms with Crippen LogP contribution in [-0.4, -0.2) is 21.2 Å². The van der Waals surface area contributed by atoms with E-state index in [-0.39, 0.29) is 23.9 Å². The maximum atomic E-state index is 12.3. The second-order valence-electron chi connectivity index (χ2n) is 5.41. The number of amides is 1. The molecular formula is C16H15Cl2N3O2S. The van der Waals surface area contributed by atoms with E-state index in [1.165, 1.54) is 17.8 Å². The van der Waals surface area contributed by atoms with Gasteiger partial charge in [0.15, 0.2) is 5.16 Å². The minimum atomic E-state index is -0.218. The summed E-state index contributed by atoms with van der Waals surface area (Å²) in [5.74, 6) is 0.427. The van der Waals surface area contributed by atoms with Gasteiger partial charge in [-0.1, -0.05) is 48.0 Å². The molecule has 0 spiro atoms. The topological polar surface area (TPSA) is 64.0 Å². The van der Waals surface area contributed by atoms with Gasteiger partial charge < -0.3 is 5.32 Å². The van der Waals surface area contributed by atoms with Crippen LogP contribution in [-0.2, 0) is 11.2 Å². The monoisotopic (exact) mass is 383 g/mol. The Morgan fingerprint density at radius 2 is 2.25 bits per heavy atom. The van der Waals surface area contributed by atoms with Crippen LogP contribution in [0.15, 0.2) is 34.2 Å². The standard InChI is InChI=1S/C16H15Cl2N3O2S/c1-2-9-6-14(23)21-10(8-24-16(21)19-9)7-13(22)20-12-5-3-4-11(17)15(12)18/h3-6,10H,2,7-8H2,1H3,(H,20,22). The van der Waals surface area contributed by atoms with E-state index >= 15 is 0 Å². The molecule has 0 saturated carbocycles. The fraction of sp³-hybridized carbons (Fsp3) is 0.312. The van der Waals surface area contributed by atoms with Gasteiger partial charge in [-0.15, -0.1) is 0 Å². The first-order valence-electron chi connectivity index (χ1n) is 7.48. The number of hydrogen-bond acceptors (Lipinski definition) is 4. The molecule has 5 nitrogen and oxygen atoms in total. The van der Waals surface area contributed by atoms with Gasteiger partial charge in [0, 0.05) is 23.9 Å². The normalized spacial score (nSPS) is 16.0. The SMILES string of the molecule is CCc1cc(=O)n2c(n1)SCC2CC(=O)Nc1cccc(Cl)c1Cl. The summed E-state index contributed by atoms with van der Waals surface area (Å²) < 4.78 is 1.60. The molecule has 1 aliphatic heterocycles. The van der Waals surface area contributed by atoms with Crippen LogP contribution in [0.25, 0.3) is 0 Å². The zero-order valence-electron chi connectivity index (χ0n) is 12.9. The highest BCUT2D eigenvalue weighted by Crippen LogP contribution is 2.33. The highest BCUT2D eigenvalue weighted by atomic mass is 35.5. The average molecular weight is 384 g/mol. The van der Waals surface area contributed by atoms with Crippen molar-refractivity contribution in [2.75, 3.05) is 11.1 Å². The molecule has 1 unspecified atom stereocenters. The largest absolute Gasteiger partial charge is 0.325 e. The van der Waals surface area contributed by atoms with Crippen LogP contribution in [0, 0.1) is 0 Å². The molecule has 24 heavy (non-hydrogen) atoms. The predicted molar refractivity (Wildman–Crippen MR) is 97.3 cm³/mol. The molecule has 0 fully saturated rings. The Balaban J connectivity index is 1.76. The van der Waals surface area contributed by atoms with Gasteiger partial charge in [-0.3, -0.25) is 14.2 Å². The van der Waals surface area contributed by atoms with E-state index in [2.05, 4.69) is 10.3 Å². The summed E-state index contributed by atoms with van der Waals surface area (Å²) >= 11 is 13.5. The van der Waals surface area contributed by atoms with E-state index in [9.17, 15) is 9.59 Å². The Bertz CT molecular complexity index is 854. The molecule has 3 rings (SSSR count). The third kappa shape index (κ3) is 3.45. The fourth-order valence-corrected chi connectivity index (χ4v) is 4.06. The Morgan fingerprint density at radius 1 is 1.46 bits per heavy atom. The predicted octanol–water partition coefficient (Wildman–Crippen LogP) is 3.79. The first kappa shape index (κ1) is 17.3. The summed E-state index contributed by atoms with van der Waals surface area (Å²) in [5.41, 5.74) is 1.13. The van der Waals surface area contributed by atoms with Gasteiger partial charge in [0.25, 0.3) is 5.56 Å². The molecule has 2 aromatic rings. The number of carbonyl (C=O) groups excluding carboxylic acids is 1. The van der Waals surface area contributed by atoms with Gasteiger partial charge in [-0.2, -0.15) is 0 Å². The van der Waals surface area contributed by atoms with E-state index in [0.29, 0.717) is 33.1 Å². The quantitative estimate of drug-likeness (QED) is 0.815. The van der Waals surface area contributed by atoms with Crippen LogP contribution < -0.4 is 10.9 Å². The van der Waals surface area contributed by atoms with Crippen molar-refractivity contribution < 1.29 is 4.79 Å². The molecule has 1 N–H and O–H groups in total. The molecule has 1 atom stereocenters. The number of fused-ring (bicyclic) bond motifs is 1. The van der Waals surface area contributed by atoms with Crippen molar-refractivity contribution in [2.24, 2.45) is 0 Å². The van der Waals surface area contributed by atoms with E-state index in [0.717, 1.165) is 5.69 Å². The van der Waals surface area contributed by atoms with E-state index in [1.54, 1.807) is 22.8 Å². The van der Waals surface area contributed by atoms with Crippen molar-refractivity contribution in [2.45, 2.75) is 31.0 Å². The Morgan fingerprint density at radius 3 is 3.00 bits per heavy atom. The fourth-order valence-electron chi connectivity index (χ4n) is 2.55. The molecule has 0 bridgehead atoms. The Kier molecular flexibility index (Phi) is 5.18. The first-order chi connectivity index (χ1) is 11.5. The van der Waals surface area contributed by atoms with Crippen LogP contribution in [0.5, 0.6) is 0 Å². The van der Waals surface area contributed by atoms with Crippen molar-refractivity contribution in [3.8, 4) is 0 Å². The van der Waals surface area contributed by atoms with E-state index in [4.69, 9.17) is 23.2 Å². The molecule has 0 aliphatic carbocycles. The van der Waals surface area contributed by atoms with Gasteiger partial charge >= 0.3 is 0 Å². The first-order valence-corrected chi connectivity index (χ1v) is 9.23. The van der Waals surface area contributed by atoms with Crippen molar-refractivity contribution in [1.29, 1.82) is 0 Å². The van der Waals surface area contributed by atoms with Crippen molar-refractivity contribution in [1.82, 2.24) is 9.55 Å². The number of benzene rings is 1. The number of nitrogens with zero attached hydrogens (tertiary/aromatic N) is 2. The lowest BCUT2D eigenvalue weighted by molar-refractivity contribution is -0.116. The molecule has 126 valence electrons. The van der Waals surface area contributed by atoms with E-state index in [1.807, 2.05) is 6.92 Å². The molecule has 2 heterocycles. The second kappa shape index (κ2) is 7.17. The summed E-state index contributed by atoms with van der Waals surface area (Å²) in [7, 11) is 0. The van der Waals surface area contributed by atoms with Crippen LogP contribution in [0.2, 0.25) is 10.0 Å². The molecule has 0 saturated heterocycles. The second-order valence-corrected chi connectivity index (χ2v) is 7.18. The lowest BCUT2D eigenvalue weighted by Gasteiger charge is -2.14. The average Bonchev–Trinajstić information content (AvgIpc) is 2.95. The van der Waals surface area contributed by atoms with Crippen LogP contribution in [0.1, 0.15) is 25.1 Å². The number of hydrogen-bond donors (Lipinski definition) is 1.